The highest BCUT2D eigenvalue weighted by Gasteiger charge is 2.24. The molecule has 3 aromatic carbocycles. The van der Waals surface area contributed by atoms with E-state index in [9.17, 15) is 25.0 Å². The lowest BCUT2D eigenvalue weighted by Crippen LogP contribution is -2.21. The lowest BCUT2D eigenvalue weighted by atomic mass is 9.96. The van der Waals surface area contributed by atoms with E-state index in [0.29, 0.717) is 23.1 Å². The van der Waals surface area contributed by atoms with Gasteiger partial charge in [0, 0.05) is 29.3 Å². The van der Waals surface area contributed by atoms with E-state index >= 15 is 0 Å². The Balaban J connectivity index is 1.65. The Labute approximate surface area is 268 Å². The fraction of sp³-hybridized carbons (Fsp3) is 0.212. The highest BCUT2D eigenvalue weighted by Crippen LogP contribution is 2.41. The molecule has 14 nitrogen and oxygen atoms in total. The number of rotatable bonds is 11. The second-order valence-electron chi connectivity index (χ2n) is 10.6. The molecule has 0 bridgehead atoms. The molecule has 0 unspecified atom stereocenters. The summed E-state index contributed by atoms with van der Waals surface area (Å²) in [7, 11) is 1.30. The first kappa shape index (κ1) is 32.2. The maximum absolute atomic E-state index is 13.8. The summed E-state index contributed by atoms with van der Waals surface area (Å²) in [4.78, 5) is 44.3. The molecule has 0 saturated heterocycles. The Kier molecular flexibility index (Phi) is 9.21. The molecule has 0 spiro atoms. The predicted octanol–water partition coefficient (Wildman–Crippen LogP) is 6.79. The van der Waals surface area contributed by atoms with Crippen molar-refractivity contribution in [1.29, 1.82) is 0 Å². The molecular formula is C33H30N6O8. The van der Waals surface area contributed by atoms with E-state index in [4.69, 9.17) is 19.2 Å². The number of hydrogen-bond acceptors (Lipinski definition) is 11. The maximum atomic E-state index is 13.8. The number of para-hydroxylation sites is 1. The number of aromatic nitrogens is 3. The molecule has 5 aromatic rings. The van der Waals surface area contributed by atoms with E-state index in [1.54, 1.807) is 24.3 Å². The van der Waals surface area contributed by atoms with Crippen molar-refractivity contribution >= 4 is 28.5 Å². The van der Waals surface area contributed by atoms with Crippen molar-refractivity contribution in [2.24, 2.45) is 5.10 Å². The zero-order chi connectivity index (χ0) is 33.8. The highest BCUT2D eigenvalue weighted by atomic mass is 16.6. The van der Waals surface area contributed by atoms with Crippen LogP contribution in [0.5, 0.6) is 23.1 Å². The van der Waals surface area contributed by atoms with Gasteiger partial charge in [-0.15, -0.1) is 0 Å². The molecule has 14 heteroatoms. The SMILES string of the molecule is CCOc1cc(C)c(-c2nc3ccccc3c(=O)n2N=Cc2cc(OC)c(Oc3ccc([N+](=O)[O-])cn3)c([N+](=O)[O-])c2)cc1C(C)C. The van der Waals surface area contributed by atoms with Crippen LogP contribution in [0.4, 0.5) is 11.4 Å². The number of fused-ring (bicyclic) bond motifs is 1. The van der Waals surface area contributed by atoms with Crippen LogP contribution in [-0.4, -0.2) is 44.4 Å². The van der Waals surface area contributed by atoms with Crippen LogP contribution < -0.4 is 19.8 Å². The minimum atomic E-state index is -0.674. The number of nitro groups is 2. The second kappa shape index (κ2) is 13.4. The maximum Gasteiger partial charge on any atom is 0.316 e. The first-order valence-electron chi connectivity index (χ1n) is 14.5. The average molecular weight is 639 g/mol. The van der Waals surface area contributed by atoms with E-state index in [-0.39, 0.29) is 40.4 Å². The minimum Gasteiger partial charge on any atom is -0.494 e. The van der Waals surface area contributed by atoms with Crippen molar-refractivity contribution in [3.63, 3.8) is 0 Å². The number of benzene rings is 3. The molecule has 0 aliphatic rings. The van der Waals surface area contributed by atoms with Crippen LogP contribution in [0.25, 0.3) is 22.3 Å². The van der Waals surface area contributed by atoms with Crippen molar-refractivity contribution in [3.05, 3.63) is 114 Å². The Morgan fingerprint density at radius 1 is 1.02 bits per heavy atom. The van der Waals surface area contributed by atoms with Crippen molar-refractivity contribution in [2.75, 3.05) is 13.7 Å². The summed E-state index contributed by atoms with van der Waals surface area (Å²) in [5.41, 5.74) is 1.91. The molecule has 0 amide bonds. The first-order chi connectivity index (χ1) is 22.5. The molecule has 0 aliphatic carbocycles. The average Bonchev–Trinajstić information content (AvgIpc) is 3.05. The molecule has 0 saturated carbocycles. The zero-order valence-corrected chi connectivity index (χ0v) is 26.2. The molecule has 0 radical (unpaired) electrons. The molecule has 2 heterocycles. The molecular weight excluding hydrogens is 608 g/mol. The van der Waals surface area contributed by atoms with E-state index < -0.39 is 21.1 Å². The molecule has 240 valence electrons. The Morgan fingerprint density at radius 2 is 1.79 bits per heavy atom. The van der Waals surface area contributed by atoms with Gasteiger partial charge in [0.1, 0.15) is 11.9 Å². The number of methoxy groups -OCH3 is 1. The van der Waals surface area contributed by atoms with Gasteiger partial charge in [-0.25, -0.2) is 9.97 Å². The van der Waals surface area contributed by atoms with Gasteiger partial charge in [0.2, 0.25) is 11.6 Å². The number of nitrogens with zero attached hydrogens (tertiary/aromatic N) is 6. The summed E-state index contributed by atoms with van der Waals surface area (Å²) < 4.78 is 18.1. The van der Waals surface area contributed by atoms with Gasteiger partial charge < -0.3 is 14.2 Å². The Morgan fingerprint density at radius 3 is 2.43 bits per heavy atom. The number of ether oxygens (including phenoxy) is 3. The van der Waals surface area contributed by atoms with Crippen molar-refractivity contribution in [1.82, 2.24) is 14.6 Å². The smallest absolute Gasteiger partial charge is 0.316 e. The molecule has 0 fully saturated rings. The molecule has 0 N–H and O–H groups in total. The van der Waals surface area contributed by atoms with Crippen molar-refractivity contribution in [3.8, 4) is 34.5 Å². The summed E-state index contributed by atoms with van der Waals surface area (Å²) in [6.07, 6.45) is 2.26. The number of aryl methyl sites for hydroxylation is 1. The third-order valence-corrected chi connectivity index (χ3v) is 7.21. The molecule has 0 aliphatic heterocycles. The van der Waals surface area contributed by atoms with Crippen LogP contribution in [-0.2, 0) is 0 Å². The van der Waals surface area contributed by atoms with Gasteiger partial charge in [0.25, 0.3) is 11.2 Å². The largest absolute Gasteiger partial charge is 0.494 e. The van der Waals surface area contributed by atoms with Gasteiger partial charge in [0.05, 0.1) is 40.7 Å². The van der Waals surface area contributed by atoms with Crippen LogP contribution in [0.2, 0.25) is 0 Å². The Bertz CT molecular complexity index is 2090. The minimum absolute atomic E-state index is 0.0334. The quantitative estimate of drug-likeness (QED) is 0.0851. The summed E-state index contributed by atoms with van der Waals surface area (Å²) in [5, 5.41) is 27.9. The van der Waals surface area contributed by atoms with Gasteiger partial charge in [-0.05, 0) is 61.2 Å². The molecule has 47 heavy (non-hydrogen) atoms. The van der Waals surface area contributed by atoms with Gasteiger partial charge in [-0.3, -0.25) is 25.0 Å². The zero-order valence-electron chi connectivity index (χ0n) is 26.2. The first-order valence-corrected chi connectivity index (χ1v) is 14.5. The van der Waals surface area contributed by atoms with Crippen LogP contribution >= 0.6 is 0 Å². The highest BCUT2D eigenvalue weighted by molar-refractivity contribution is 5.84. The fourth-order valence-electron chi connectivity index (χ4n) is 4.92. The van der Waals surface area contributed by atoms with E-state index in [0.717, 1.165) is 29.1 Å². The van der Waals surface area contributed by atoms with Crippen LogP contribution in [0, 0.1) is 27.2 Å². The molecule has 5 rings (SSSR count). The lowest BCUT2D eigenvalue weighted by Gasteiger charge is -2.18. The second-order valence-corrected chi connectivity index (χ2v) is 10.6. The monoisotopic (exact) mass is 638 g/mol. The summed E-state index contributed by atoms with van der Waals surface area (Å²) in [6.45, 7) is 8.38. The Hall–Kier alpha value is -6.18. The number of pyridine rings is 1. The van der Waals surface area contributed by atoms with Crippen molar-refractivity contribution < 1.29 is 24.1 Å². The third-order valence-electron chi connectivity index (χ3n) is 7.21. The van der Waals surface area contributed by atoms with Crippen LogP contribution in [0.1, 0.15) is 43.4 Å². The third kappa shape index (κ3) is 6.61. The topological polar surface area (TPSA) is 174 Å². The van der Waals surface area contributed by atoms with E-state index in [1.165, 1.54) is 36.2 Å². The van der Waals surface area contributed by atoms with E-state index in [1.807, 2.05) is 39.8 Å². The predicted molar refractivity (Wildman–Crippen MR) is 175 cm³/mol. The van der Waals surface area contributed by atoms with Gasteiger partial charge in [0.15, 0.2) is 11.6 Å². The molecule has 2 aromatic heterocycles. The van der Waals surface area contributed by atoms with E-state index in [2.05, 4.69) is 10.1 Å². The normalized spacial score (nSPS) is 11.3. The van der Waals surface area contributed by atoms with Gasteiger partial charge in [-0.2, -0.15) is 9.78 Å². The summed E-state index contributed by atoms with van der Waals surface area (Å²) in [5.74, 6) is 0.699. The molecule has 0 atom stereocenters. The van der Waals surface area contributed by atoms with Crippen LogP contribution in [0.15, 0.2) is 76.8 Å². The van der Waals surface area contributed by atoms with Crippen molar-refractivity contribution in [2.45, 2.75) is 33.6 Å². The fourth-order valence-corrected chi connectivity index (χ4v) is 4.92. The number of nitro benzene ring substituents is 1. The summed E-state index contributed by atoms with van der Waals surface area (Å²) in [6, 6.07) is 15.8. The summed E-state index contributed by atoms with van der Waals surface area (Å²) >= 11 is 0. The lowest BCUT2D eigenvalue weighted by molar-refractivity contribution is -0.385. The van der Waals surface area contributed by atoms with Gasteiger partial charge >= 0.3 is 5.69 Å². The standard InChI is InChI=1S/C33H30N6O8/c1-6-46-28-13-20(4)25(16-24(28)19(2)3)32-36-26-10-8-7-9-23(26)33(40)37(32)35-17-21-14-27(39(43)44)31(29(15-21)45-5)47-30-12-11-22(18-34-30)38(41)42/h7-19H,6H2,1-5H3. The number of hydrogen-bond donors (Lipinski definition) is 0. The van der Waals surface area contributed by atoms with Crippen LogP contribution in [0.3, 0.4) is 0 Å². The van der Waals surface area contributed by atoms with Gasteiger partial charge in [-0.1, -0.05) is 26.0 Å².